The number of carbonyl (C=O) groups excluding carboxylic acids is 2. The third-order valence-electron chi connectivity index (χ3n) is 3.99. The second-order valence-corrected chi connectivity index (χ2v) is 5.73. The Bertz CT molecular complexity index is 771. The Morgan fingerprint density at radius 2 is 1.96 bits per heavy atom. The Hall–Kier alpha value is -2.93. The normalized spacial score (nSPS) is 14.0. The van der Waals surface area contributed by atoms with E-state index in [9.17, 15) is 9.59 Å². The Kier molecular flexibility index (Phi) is 5.80. The summed E-state index contributed by atoms with van der Waals surface area (Å²) in [7, 11) is 0. The minimum Gasteiger partial charge on any atom is -0.462 e. The molecule has 2 heterocycles. The van der Waals surface area contributed by atoms with Gasteiger partial charge in [0.2, 0.25) is 0 Å². The van der Waals surface area contributed by atoms with Crippen LogP contribution < -0.4 is 5.32 Å². The van der Waals surface area contributed by atoms with E-state index >= 15 is 0 Å². The molecule has 1 aliphatic rings. The molecule has 0 aliphatic carbocycles. The molecule has 3 rings (SSSR count). The van der Waals surface area contributed by atoms with Crippen molar-refractivity contribution in [2.45, 2.75) is 6.92 Å². The summed E-state index contributed by atoms with van der Waals surface area (Å²) in [4.78, 5) is 30.5. The van der Waals surface area contributed by atoms with Gasteiger partial charge in [-0.3, -0.25) is 4.79 Å². The van der Waals surface area contributed by atoms with Crippen LogP contribution in [0, 0.1) is 0 Å². The van der Waals surface area contributed by atoms with E-state index in [2.05, 4.69) is 10.3 Å². The number of hydrogen-bond donors (Lipinski definition) is 1. The molecule has 0 radical (unpaired) electrons. The number of para-hydroxylation sites is 1. The molecule has 0 unspecified atom stereocenters. The van der Waals surface area contributed by atoms with Crippen LogP contribution in [0.25, 0.3) is 0 Å². The molecule has 136 valence electrons. The average molecular weight is 355 g/mol. The van der Waals surface area contributed by atoms with Crippen molar-refractivity contribution in [3.05, 3.63) is 53.7 Å². The molecule has 26 heavy (non-hydrogen) atoms. The van der Waals surface area contributed by atoms with Crippen LogP contribution >= 0.6 is 0 Å². The van der Waals surface area contributed by atoms with E-state index in [1.165, 1.54) is 6.20 Å². The first-order valence-corrected chi connectivity index (χ1v) is 8.55. The summed E-state index contributed by atoms with van der Waals surface area (Å²) < 4.78 is 10.3. The SMILES string of the molecule is CCOC(=O)c1ccccc1Nc1ccc(C(=O)N2CCOCC2)cn1. The average Bonchev–Trinajstić information content (AvgIpc) is 2.69. The molecule has 7 nitrogen and oxygen atoms in total. The van der Waals surface area contributed by atoms with Crippen molar-refractivity contribution in [1.29, 1.82) is 0 Å². The molecule has 0 bridgehead atoms. The lowest BCUT2D eigenvalue weighted by Gasteiger charge is -2.26. The smallest absolute Gasteiger partial charge is 0.340 e. The minimum absolute atomic E-state index is 0.0562. The lowest BCUT2D eigenvalue weighted by molar-refractivity contribution is 0.0302. The Morgan fingerprint density at radius 3 is 2.65 bits per heavy atom. The van der Waals surface area contributed by atoms with Crippen LogP contribution in [-0.2, 0) is 9.47 Å². The third kappa shape index (κ3) is 4.18. The maximum atomic E-state index is 12.4. The number of ether oxygens (including phenoxy) is 2. The summed E-state index contributed by atoms with van der Waals surface area (Å²) in [6, 6.07) is 10.5. The van der Waals surface area contributed by atoms with Gasteiger partial charge in [-0.2, -0.15) is 0 Å². The summed E-state index contributed by atoms with van der Waals surface area (Å²) in [5.41, 5.74) is 1.56. The molecule has 1 N–H and O–H groups in total. The van der Waals surface area contributed by atoms with Crippen LogP contribution in [0.2, 0.25) is 0 Å². The number of benzene rings is 1. The molecule has 0 spiro atoms. The quantitative estimate of drug-likeness (QED) is 0.830. The maximum absolute atomic E-state index is 12.4. The summed E-state index contributed by atoms with van der Waals surface area (Å²) in [6.45, 7) is 4.37. The molecule has 1 aromatic heterocycles. The Balaban J connectivity index is 1.72. The van der Waals surface area contributed by atoms with Crippen molar-refractivity contribution in [2.75, 3.05) is 38.2 Å². The van der Waals surface area contributed by atoms with Crippen molar-refractivity contribution in [3.63, 3.8) is 0 Å². The number of morpholine rings is 1. The van der Waals surface area contributed by atoms with Crippen LogP contribution in [0.3, 0.4) is 0 Å². The summed E-state index contributed by atoms with van der Waals surface area (Å²) in [5, 5.41) is 3.10. The van der Waals surface area contributed by atoms with Crippen molar-refractivity contribution in [1.82, 2.24) is 9.88 Å². The van der Waals surface area contributed by atoms with Crippen LogP contribution in [0.15, 0.2) is 42.6 Å². The number of amides is 1. The lowest BCUT2D eigenvalue weighted by atomic mass is 10.1. The number of nitrogens with zero attached hydrogens (tertiary/aromatic N) is 2. The van der Waals surface area contributed by atoms with Gasteiger partial charge in [-0.25, -0.2) is 9.78 Å². The second kappa shape index (κ2) is 8.44. The zero-order valence-electron chi connectivity index (χ0n) is 14.6. The Labute approximate surface area is 151 Å². The van der Waals surface area contributed by atoms with Gasteiger partial charge in [0.05, 0.1) is 36.6 Å². The van der Waals surface area contributed by atoms with E-state index in [1.54, 1.807) is 42.2 Å². The van der Waals surface area contributed by atoms with Crippen LogP contribution in [-0.4, -0.2) is 54.7 Å². The highest BCUT2D eigenvalue weighted by molar-refractivity contribution is 5.96. The molecule has 1 amide bonds. The van der Waals surface area contributed by atoms with Gasteiger partial charge in [0.1, 0.15) is 5.82 Å². The van der Waals surface area contributed by atoms with Gasteiger partial charge in [-0.15, -0.1) is 0 Å². The van der Waals surface area contributed by atoms with E-state index in [0.717, 1.165) is 0 Å². The van der Waals surface area contributed by atoms with Gasteiger partial charge >= 0.3 is 5.97 Å². The maximum Gasteiger partial charge on any atom is 0.340 e. The summed E-state index contributed by atoms with van der Waals surface area (Å²) in [6.07, 6.45) is 1.53. The standard InChI is InChI=1S/C19H21N3O4/c1-2-26-19(24)15-5-3-4-6-16(15)21-17-8-7-14(13-20-17)18(23)22-9-11-25-12-10-22/h3-8,13H,2,9-12H2,1H3,(H,20,21). The van der Waals surface area contributed by atoms with Gasteiger partial charge in [0.25, 0.3) is 5.91 Å². The molecule has 1 aromatic carbocycles. The highest BCUT2D eigenvalue weighted by atomic mass is 16.5. The van der Waals surface area contributed by atoms with Gasteiger partial charge in [0, 0.05) is 19.3 Å². The van der Waals surface area contributed by atoms with Gasteiger partial charge in [0.15, 0.2) is 0 Å². The van der Waals surface area contributed by atoms with Crippen molar-refractivity contribution in [2.24, 2.45) is 0 Å². The van der Waals surface area contributed by atoms with Crippen molar-refractivity contribution >= 4 is 23.4 Å². The first-order valence-electron chi connectivity index (χ1n) is 8.55. The first-order chi connectivity index (χ1) is 12.7. The van der Waals surface area contributed by atoms with Crippen LogP contribution in [0.4, 0.5) is 11.5 Å². The topological polar surface area (TPSA) is 80.8 Å². The fourth-order valence-corrected chi connectivity index (χ4v) is 2.66. The molecule has 7 heteroatoms. The summed E-state index contributed by atoms with van der Waals surface area (Å²) in [5.74, 6) is 0.0919. The number of rotatable bonds is 5. The number of esters is 1. The molecule has 1 fully saturated rings. The number of hydrogen-bond acceptors (Lipinski definition) is 6. The lowest BCUT2D eigenvalue weighted by Crippen LogP contribution is -2.40. The minimum atomic E-state index is -0.394. The third-order valence-corrected chi connectivity index (χ3v) is 3.99. The zero-order chi connectivity index (χ0) is 18.4. The van der Waals surface area contributed by atoms with E-state index in [1.807, 2.05) is 6.07 Å². The molecule has 1 aliphatic heterocycles. The largest absolute Gasteiger partial charge is 0.462 e. The van der Waals surface area contributed by atoms with E-state index in [-0.39, 0.29) is 5.91 Å². The fourth-order valence-electron chi connectivity index (χ4n) is 2.66. The monoisotopic (exact) mass is 355 g/mol. The molecule has 2 aromatic rings. The predicted octanol–water partition coefficient (Wildman–Crippen LogP) is 2.47. The number of aromatic nitrogens is 1. The van der Waals surface area contributed by atoms with Crippen molar-refractivity contribution in [3.8, 4) is 0 Å². The highest BCUT2D eigenvalue weighted by Crippen LogP contribution is 2.21. The molecule has 1 saturated heterocycles. The number of anilines is 2. The van der Waals surface area contributed by atoms with E-state index in [0.29, 0.717) is 55.5 Å². The van der Waals surface area contributed by atoms with Crippen molar-refractivity contribution < 1.29 is 19.1 Å². The predicted molar refractivity (Wildman–Crippen MR) is 96.6 cm³/mol. The first kappa shape index (κ1) is 17.9. The van der Waals surface area contributed by atoms with Gasteiger partial charge in [-0.1, -0.05) is 12.1 Å². The van der Waals surface area contributed by atoms with E-state index < -0.39 is 5.97 Å². The molecule has 0 saturated carbocycles. The zero-order valence-corrected chi connectivity index (χ0v) is 14.6. The van der Waals surface area contributed by atoms with Gasteiger partial charge in [-0.05, 0) is 31.2 Å². The van der Waals surface area contributed by atoms with Gasteiger partial charge < -0.3 is 19.7 Å². The molecular weight excluding hydrogens is 334 g/mol. The highest BCUT2D eigenvalue weighted by Gasteiger charge is 2.19. The molecular formula is C19H21N3O4. The number of nitrogens with one attached hydrogen (secondary N) is 1. The summed E-state index contributed by atoms with van der Waals surface area (Å²) >= 11 is 0. The molecule has 0 atom stereocenters. The Morgan fingerprint density at radius 1 is 1.19 bits per heavy atom. The van der Waals surface area contributed by atoms with Crippen LogP contribution in [0.1, 0.15) is 27.6 Å². The number of pyridine rings is 1. The van der Waals surface area contributed by atoms with E-state index in [4.69, 9.17) is 9.47 Å². The second-order valence-electron chi connectivity index (χ2n) is 5.73. The fraction of sp³-hybridized carbons (Fsp3) is 0.316. The number of carbonyl (C=O) groups is 2. The van der Waals surface area contributed by atoms with Crippen LogP contribution in [0.5, 0.6) is 0 Å².